The zero-order valence-corrected chi connectivity index (χ0v) is 11.8. The fourth-order valence-electron chi connectivity index (χ4n) is 1.45. The predicted octanol–water partition coefficient (Wildman–Crippen LogP) is 2.07. The molecule has 0 fully saturated rings. The van der Waals surface area contributed by atoms with E-state index in [1.165, 1.54) is 12.3 Å². The molecule has 1 unspecified atom stereocenters. The average Bonchev–Trinajstić information content (AvgIpc) is 2.34. The van der Waals surface area contributed by atoms with Crippen LogP contribution in [0, 0.1) is 5.92 Å². The highest BCUT2D eigenvalue weighted by Gasteiger charge is 2.25. The summed E-state index contributed by atoms with van der Waals surface area (Å²) in [4.78, 5) is 26.9. The van der Waals surface area contributed by atoms with Crippen LogP contribution in [0.2, 0.25) is 0 Å². The molecule has 1 aromatic rings. The van der Waals surface area contributed by atoms with Crippen molar-refractivity contribution < 1.29 is 14.7 Å². The Bertz CT molecular complexity index is 451. The first kappa shape index (κ1) is 14.6. The van der Waals surface area contributed by atoms with Gasteiger partial charge in [0.05, 0.1) is 0 Å². The molecule has 98 valence electrons. The predicted molar refractivity (Wildman–Crippen MR) is 70.3 cm³/mol. The largest absolute Gasteiger partial charge is 0.480 e. The number of carbonyl (C=O) groups is 2. The van der Waals surface area contributed by atoms with Gasteiger partial charge in [0.1, 0.15) is 10.6 Å². The van der Waals surface area contributed by atoms with Crippen LogP contribution in [0.4, 0.5) is 0 Å². The number of carbonyl (C=O) groups excluding carboxylic acids is 1. The number of aliphatic carboxylic acids is 1. The smallest absolute Gasteiger partial charge is 0.326 e. The fourth-order valence-corrected chi connectivity index (χ4v) is 1.82. The summed E-state index contributed by atoms with van der Waals surface area (Å²) in [5.74, 6) is -1.56. The number of hydrogen-bond donors (Lipinski definition) is 2. The highest BCUT2D eigenvalue weighted by molar-refractivity contribution is 9.10. The molecular formula is C12H15BrN2O3. The number of halogens is 1. The molecule has 5 nitrogen and oxygen atoms in total. The van der Waals surface area contributed by atoms with Crippen molar-refractivity contribution in [2.24, 2.45) is 5.92 Å². The quantitative estimate of drug-likeness (QED) is 0.815. The maximum Gasteiger partial charge on any atom is 0.326 e. The SMILES string of the molecule is CCC(C)[C@H](NC(=O)c1ccnc(Br)c1)C(=O)O. The highest BCUT2D eigenvalue weighted by atomic mass is 79.9. The van der Waals surface area contributed by atoms with Crippen molar-refractivity contribution in [3.05, 3.63) is 28.5 Å². The Labute approximate surface area is 114 Å². The van der Waals surface area contributed by atoms with Crippen molar-refractivity contribution in [2.75, 3.05) is 0 Å². The van der Waals surface area contributed by atoms with Gasteiger partial charge in [-0.15, -0.1) is 0 Å². The lowest BCUT2D eigenvalue weighted by atomic mass is 9.99. The van der Waals surface area contributed by atoms with Crippen LogP contribution in [-0.2, 0) is 4.79 Å². The molecule has 18 heavy (non-hydrogen) atoms. The summed E-state index contributed by atoms with van der Waals surface area (Å²) < 4.78 is 0.533. The van der Waals surface area contributed by atoms with Crippen LogP contribution in [0.3, 0.4) is 0 Å². The Kier molecular flexibility index (Phi) is 5.27. The average molecular weight is 315 g/mol. The Hall–Kier alpha value is -1.43. The first-order valence-corrected chi connectivity index (χ1v) is 6.40. The van der Waals surface area contributed by atoms with Gasteiger partial charge in [-0.25, -0.2) is 9.78 Å². The van der Waals surface area contributed by atoms with Gasteiger partial charge >= 0.3 is 5.97 Å². The van der Waals surface area contributed by atoms with Crippen LogP contribution < -0.4 is 5.32 Å². The van der Waals surface area contributed by atoms with Gasteiger partial charge in [0.15, 0.2) is 0 Å². The van der Waals surface area contributed by atoms with Gasteiger partial charge in [-0.2, -0.15) is 0 Å². The molecule has 0 radical (unpaired) electrons. The molecule has 0 aliphatic carbocycles. The topological polar surface area (TPSA) is 79.3 Å². The third-order valence-electron chi connectivity index (χ3n) is 2.75. The van der Waals surface area contributed by atoms with E-state index in [2.05, 4.69) is 26.2 Å². The molecular weight excluding hydrogens is 300 g/mol. The van der Waals surface area contributed by atoms with Crippen LogP contribution >= 0.6 is 15.9 Å². The van der Waals surface area contributed by atoms with E-state index in [-0.39, 0.29) is 5.92 Å². The van der Waals surface area contributed by atoms with Gasteiger partial charge in [-0.3, -0.25) is 4.79 Å². The lowest BCUT2D eigenvalue weighted by molar-refractivity contribution is -0.140. The minimum atomic E-state index is -1.02. The summed E-state index contributed by atoms with van der Waals surface area (Å²) >= 11 is 3.16. The zero-order chi connectivity index (χ0) is 13.7. The van der Waals surface area contributed by atoms with Gasteiger partial charge in [-0.1, -0.05) is 20.3 Å². The molecule has 0 aliphatic rings. The molecule has 2 N–H and O–H groups in total. The van der Waals surface area contributed by atoms with Gasteiger partial charge < -0.3 is 10.4 Å². The molecule has 0 bridgehead atoms. The summed E-state index contributed by atoms with van der Waals surface area (Å²) in [5.41, 5.74) is 0.381. The van der Waals surface area contributed by atoms with Crippen LogP contribution in [0.25, 0.3) is 0 Å². The van der Waals surface area contributed by atoms with Crippen molar-refractivity contribution in [3.8, 4) is 0 Å². The van der Waals surface area contributed by atoms with Crippen LogP contribution in [-0.4, -0.2) is 28.0 Å². The molecule has 0 aromatic carbocycles. The fraction of sp³-hybridized carbons (Fsp3) is 0.417. The van der Waals surface area contributed by atoms with E-state index in [4.69, 9.17) is 5.11 Å². The minimum Gasteiger partial charge on any atom is -0.480 e. The number of nitrogens with zero attached hydrogens (tertiary/aromatic N) is 1. The van der Waals surface area contributed by atoms with Crippen LogP contribution in [0.15, 0.2) is 22.9 Å². The van der Waals surface area contributed by atoms with E-state index in [0.29, 0.717) is 16.6 Å². The third kappa shape index (κ3) is 3.80. The van der Waals surface area contributed by atoms with E-state index in [1.807, 2.05) is 6.92 Å². The number of aromatic nitrogens is 1. The van der Waals surface area contributed by atoms with Crippen molar-refractivity contribution >= 4 is 27.8 Å². The number of nitrogens with one attached hydrogen (secondary N) is 1. The normalized spacial score (nSPS) is 13.7. The molecule has 0 spiro atoms. The van der Waals surface area contributed by atoms with Crippen molar-refractivity contribution in [1.29, 1.82) is 0 Å². The lowest BCUT2D eigenvalue weighted by Crippen LogP contribution is -2.45. The summed E-state index contributed by atoms with van der Waals surface area (Å²) in [7, 11) is 0. The Morgan fingerprint density at radius 2 is 2.22 bits per heavy atom. The van der Waals surface area contributed by atoms with Crippen LogP contribution in [0.5, 0.6) is 0 Å². The molecule has 1 rings (SSSR count). The van der Waals surface area contributed by atoms with Crippen LogP contribution in [0.1, 0.15) is 30.6 Å². The molecule has 0 saturated carbocycles. The second-order valence-corrected chi connectivity index (χ2v) is 4.85. The second-order valence-electron chi connectivity index (χ2n) is 4.04. The Balaban J connectivity index is 2.82. The first-order chi connectivity index (χ1) is 8.45. The maximum atomic E-state index is 11.9. The molecule has 1 heterocycles. The van der Waals surface area contributed by atoms with E-state index >= 15 is 0 Å². The number of hydrogen-bond acceptors (Lipinski definition) is 3. The highest BCUT2D eigenvalue weighted by Crippen LogP contribution is 2.11. The first-order valence-electron chi connectivity index (χ1n) is 5.61. The molecule has 0 saturated heterocycles. The van der Waals surface area contributed by atoms with E-state index < -0.39 is 17.9 Å². The number of carboxylic acid groups (broad SMARTS) is 1. The van der Waals surface area contributed by atoms with Crippen molar-refractivity contribution in [3.63, 3.8) is 0 Å². The molecule has 2 atom stereocenters. The zero-order valence-electron chi connectivity index (χ0n) is 10.2. The van der Waals surface area contributed by atoms with Gasteiger partial charge in [-0.05, 0) is 34.0 Å². The molecule has 1 aromatic heterocycles. The summed E-state index contributed by atoms with van der Waals surface area (Å²) in [6, 6.07) is 2.20. The summed E-state index contributed by atoms with van der Waals surface area (Å²) in [6.45, 7) is 3.68. The van der Waals surface area contributed by atoms with Gasteiger partial charge in [0.25, 0.3) is 5.91 Å². The Morgan fingerprint density at radius 3 is 2.72 bits per heavy atom. The van der Waals surface area contributed by atoms with E-state index in [9.17, 15) is 9.59 Å². The molecule has 6 heteroatoms. The monoisotopic (exact) mass is 314 g/mol. The lowest BCUT2D eigenvalue weighted by Gasteiger charge is -2.20. The van der Waals surface area contributed by atoms with Gasteiger partial charge in [0, 0.05) is 11.8 Å². The number of carboxylic acids is 1. The molecule has 1 amide bonds. The third-order valence-corrected chi connectivity index (χ3v) is 3.19. The van der Waals surface area contributed by atoms with Crippen molar-refractivity contribution in [2.45, 2.75) is 26.3 Å². The minimum absolute atomic E-state index is 0.128. The number of pyridine rings is 1. The Morgan fingerprint density at radius 1 is 1.56 bits per heavy atom. The summed E-state index contributed by atoms with van der Waals surface area (Å²) in [6.07, 6.45) is 2.16. The van der Waals surface area contributed by atoms with E-state index in [1.54, 1.807) is 13.0 Å². The van der Waals surface area contributed by atoms with E-state index in [0.717, 1.165) is 0 Å². The second kappa shape index (κ2) is 6.49. The van der Waals surface area contributed by atoms with Crippen molar-refractivity contribution in [1.82, 2.24) is 10.3 Å². The number of amides is 1. The maximum absolute atomic E-state index is 11.9. The number of rotatable bonds is 5. The molecule has 0 aliphatic heterocycles. The van der Waals surface area contributed by atoms with Gasteiger partial charge in [0.2, 0.25) is 0 Å². The summed E-state index contributed by atoms with van der Waals surface area (Å²) in [5, 5.41) is 11.6. The standard InChI is InChI=1S/C12H15BrN2O3/c1-3-7(2)10(12(17)18)15-11(16)8-4-5-14-9(13)6-8/h4-7,10H,3H2,1-2H3,(H,15,16)(H,17,18)/t7?,10-/m0/s1.